The summed E-state index contributed by atoms with van der Waals surface area (Å²) in [5.74, 6) is 0.243. The summed E-state index contributed by atoms with van der Waals surface area (Å²) < 4.78 is 0. The fourth-order valence-electron chi connectivity index (χ4n) is 3.68. The maximum atomic E-state index is 12.4. The standard InChI is InChI=1S/C17H20N4O3/c1-9-11-7-21(13(8-22)15(9)11)14(23)6-20-12-5-3-2-4-10(12)16(18)17(19)24/h2-5,8-9,11,13,15,18,20H,6-7H2,1H3,(H2,19,24)/t9-,11+,13-,15-/m1/s1. The molecule has 1 aliphatic heterocycles. The topological polar surface area (TPSA) is 116 Å². The molecule has 4 atom stereocenters. The van der Waals surface area contributed by atoms with Crippen LogP contribution in [-0.4, -0.2) is 47.8 Å². The van der Waals surface area contributed by atoms with E-state index in [0.717, 1.165) is 6.29 Å². The first-order valence-corrected chi connectivity index (χ1v) is 7.92. The van der Waals surface area contributed by atoms with Gasteiger partial charge in [0.15, 0.2) is 0 Å². The second-order valence-corrected chi connectivity index (χ2v) is 6.41. The highest BCUT2D eigenvalue weighted by Crippen LogP contribution is 2.54. The fourth-order valence-corrected chi connectivity index (χ4v) is 3.68. The number of anilines is 1. The average molecular weight is 328 g/mol. The van der Waals surface area contributed by atoms with Gasteiger partial charge in [0.25, 0.3) is 5.91 Å². The van der Waals surface area contributed by atoms with Gasteiger partial charge in [0.1, 0.15) is 12.0 Å². The number of carbonyl (C=O) groups is 3. The number of nitrogens with one attached hydrogen (secondary N) is 2. The minimum absolute atomic E-state index is 0.00121. The van der Waals surface area contributed by atoms with E-state index in [9.17, 15) is 14.4 Å². The van der Waals surface area contributed by atoms with Gasteiger partial charge in [-0.05, 0) is 23.8 Å². The molecule has 1 aliphatic carbocycles. The van der Waals surface area contributed by atoms with Gasteiger partial charge < -0.3 is 20.7 Å². The zero-order chi connectivity index (χ0) is 17.4. The number of carbonyl (C=O) groups excluding carboxylic acids is 3. The first-order chi connectivity index (χ1) is 11.5. The van der Waals surface area contributed by atoms with E-state index in [-0.39, 0.29) is 24.2 Å². The summed E-state index contributed by atoms with van der Waals surface area (Å²) in [6, 6.07) is 6.38. The quantitative estimate of drug-likeness (QED) is 0.512. The van der Waals surface area contributed by atoms with Crippen molar-refractivity contribution < 1.29 is 14.4 Å². The SMILES string of the molecule is C[C@@H]1[C@@H]2CN(C(=O)CNc3ccccc3C(=N)C(N)=O)[C@H](C=O)[C@H]12. The van der Waals surface area contributed by atoms with Crippen LogP contribution in [0, 0.1) is 23.2 Å². The lowest BCUT2D eigenvalue weighted by atomic mass is 10.1. The van der Waals surface area contributed by atoms with Crippen LogP contribution < -0.4 is 11.1 Å². The van der Waals surface area contributed by atoms with Crippen molar-refractivity contribution in [1.29, 1.82) is 5.41 Å². The Morgan fingerprint density at radius 2 is 2.12 bits per heavy atom. The number of nitrogens with zero attached hydrogens (tertiary/aromatic N) is 1. The summed E-state index contributed by atoms with van der Waals surface area (Å²) in [4.78, 5) is 36.6. The lowest BCUT2D eigenvalue weighted by molar-refractivity contribution is -0.134. The molecule has 2 fully saturated rings. The molecule has 0 aromatic heterocycles. The van der Waals surface area contributed by atoms with E-state index >= 15 is 0 Å². The molecule has 3 rings (SSSR count). The zero-order valence-corrected chi connectivity index (χ0v) is 13.4. The highest BCUT2D eigenvalue weighted by atomic mass is 16.2. The lowest BCUT2D eigenvalue weighted by Crippen LogP contribution is -2.43. The molecule has 0 spiro atoms. The van der Waals surface area contributed by atoms with Crippen LogP contribution in [0.4, 0.5) is 5.69 Å². The molecule has 1 aromatic carbocycles. The third kappa shape index (κ3) is 2.66. The van der Waals surface area contributed by atoms with Gasteiger partial charge in [-0.25, -0.2) is 0 Å². The van der Waals surface area contributed by atoms with Crippen molar-refractivity contribution in [3.63, 3.8) is 0 Å². The Morgan fingerprint density at radius 3 is 2.79 bits per heavy atom. The molecule has 7 heteroatoms. The van der Waals surface area contributed by atoms with Crippen LogP contribution in [0.1, 0.15) is 12.5 Å². The molecule has 24 heavy (non-hydrogen) atoms. The largest absolute Gasteiger partial charge is 0.376 e. The summed E-state index contributed by atoms with van der Waals surface area (Å²) in [5, 5.41) is 10.7. The number of hydrogen-bond acceptors (Lipinski definition) is 5. The molecule has 126 valence electrons. The Labute approximate surface area is 139 Å². The van der Waals surface area contributed by atoms with E-state index in [0.29, 0.717) is 35.5 Å². The number of likely N-dealkylation sites (tertiary alicyclic amines) is 1. The first kappa shape index (κ1) is 16.2. The van der Waals surface area contributed by atoms with E-state index in [1.807, 2.05) is 0 Å². The number of aldehydes is 1. The molecule has 2 aliphatic rings. The maximum absolute atomic E-state index is 12.4. The van der Waals surface area contributed by atoms with Crippen LogP contribution in [0.15, 0.2) is 24.3 Å². The number of nitrogens with two attached hydrogens (primary N) is 1. The highest BCUT2D eigenvalue weighted by molar-refractivity contribution is 6.44. The van der Waals surface area contributed by atoms with Crippen LogP contribution >= 0.6 is 0 Å². The molecule has 0 radical (unpaired) electrons. The minimum atomic E-state index is -0.829. The molecule has 0 bridgehead atoms. The predicted octanol–water partition coefficient (Wildman–Crippen LogP) is 0.243. The van der Waals surface area contributed by atoms with Crippen LogP contribution in [0.25, 0.3) is 0 Å². The Bertz CT molecular complexity index is 718. The highest BCUT2D eigenvalue weighted by Gasteiger charge is 2.59. The third-order valence-electron chi connectivity index (χ3n) is 5.13. The van der Waals surface area contributed by atoms with Crippen molar-refractivity contribution in [3.05, 3.63) is 29.8 Å². The summed E-state index contributed by atoms with van der Waals surface area (Å²) >= 11 is 0. The molecule has 0 unspecified atom stereocenters. The molecular weight excluding hydrogens is 308 g/mol. The summed E-state index contributed by atoms with van der Waals surface area (Å²) in [6.45, 7) is 2.73. The Balaban J connectivity index is 1.66. The second kappa shape index (κ2) is 6.07. The number of piperidine rings is 1. The van der Waals surface area contributed by atoms with Gasteiger partial charge in [-0.1, -0.05) is 25.1 Å². The van der Waals surface area contributed by atoms with Crippen molar-refractivity contribution in [2.75, 3.05) is 18.4 Å². The van der Waals surface area contributed by atoms with E-state index < -0.39 is 5.91 Å². The van der Waals surface area contributed by atoms with Gasteiger partial charge in [0.2, 0.25) is 5.91 Å². The van der Waals surface area contributed by atoms with Crippen LogP contribution in [0.2, 0.25) is 0 Å². The van der Waals surface area contributed by atoms with Gasteiger partial charge in [0, 0.05) is 17.8 Å². The Morgan fingerprint density at radius 1 is 1.42 bits per heavy atom. The molecule has 1 saturated heterocycles. The number of primary amides is 1. The van der Waals surface area contributed by atoms with Crippen LogP contribution in [-0.2, 0) is 14.4 Å². The number of hydrogen-bond donors (Lipinski definition) is 3. The number of benzene rings is 1. The molecule has 1 aromatic rings. The number of fused-ring (bicyclic) bond motifs is 1. The number of rotatable bonds is 6. The molecular formula is C17H20N4O3. The van der Waals surface area contributed by atoms with E-state index in [1.165, 1.54) is 0 Å². The normalized spacial score (nSPS) is 27.3. The summed E-state index contributed by atoms with van der Waals surface area (Å²) in [7, 11) is 0. The zero-order valence-electron chi connectivity index (χ0n) is 13.4. The number of amides is 2. The molecule has 4 N–H and O–H groups in total. The predicted molar refractivity (Wildman–Crippen MR) is 88.7 cm³/mol. The fraction of sp³-hybridized carbons (Fsp3) is 0.412. The third-order valence-corrected chi connectivity index (χ3v) is 5.13. The van der Waals surface area contributed by atoms with Crippen LogP contribution in [0.3, 0.4) is 0 Å². The van der Waals surface area contributed by atoms with Gasteiger partial charge in [-0.2, -0.15) is 0 Å². The van der Waals surface area contributed by atoms with E-state index in [4.69, 9.17) is 11.1 Å². The smallest absolute Gasteiger partial charge is 0.267 e. The van der Waals surface area contributed by atoms with Crippen molar-refractivity contribution in [1.82, 2.24) is 4.90 Å². The minimum Gasteiger partial charge on any atom is -0.376 e. The monoisotopic (exact) mass is 328 g/mol. The first-order valence-electron chi connectivity index (χ1n) is 7.92. The second-order valence-electron chi connectivity index (χ2n) is 6.41. The van der Waals surface area contributed by atoms with Gasteiger partial charge >= 0.3 is 0 Å². The Hall–Kier alpha value is -2.70. The van der Waals surface area contributed by atoms with Gasteiger partial charge in [-0.15, -0.1) is 0 Å². The lowest BCUT2D eigenvalue weighted by Gasteiger charge is -2.25. The maximum Gasteiger partial charge on any atom is 0.267 e. The van der Waals surface area contributed by atoms with Crippen molar-refractivity contribution in [2.24, 2.45) is 23.5 Å². The van der Waals surface area contributed by atoms with Crippen molar-refractivity contribution in [3.8, 4) is 0 Å². The summed E-state index contributed by atoms with van der Waals surface area (Å²) in [5.41, 5.74) is 5.69. The van der Waals surface area contributed by atoms with E-state index in [1.54, 1.807) is 29.2 Å². The molecule has 1 heterocycles. The molecule has 7 nitrogen and oxygen atoms in total. The van der Waals surface area contributed by atoms with Gasteiger partial charge in [0.05, 0.1) is 12.6 Å². The van der Waals surface area contributed by atoms with E-state index in [2.05, 4.69) is 12.2 Å². The molecule has 1 saturated carbocycles. The van der Waals surface area contributed by atoms with Gasteiger partial charge in [-0.3, -0.25) is 15.0 Å². The number of para-hydroxylation sites is 1. The van der Waals surface area contributed by atoms with Crippen molar-refractivity contribution in [2.45, 2.75) is 13.0 Å². The summed E-state index contributed by atoms with van der Waals surface area (Å²) in [6.07, 6.45) is 0.864. The molecule has 2 amide bonds. The Kier molecular flexibility index (Phi) is 4.09. The average Bonchev–Trinajstić information content (AvgIpc) is 3.04. The van der Waals surface area contributed by atoms with Crippen LogP contribution in [0.5, 0.6) is 0 Å². The van der Waals surface area contributed by atoms with Crippen molar-refractivity contribution >= 4 is 29.5 Å².